The van der Waals surface area contributed by atoms with Crippen molar-refractivity contribution in [1.82, 2.24) is 4.72 Å². The van der Waals surface area contributed by atoms with E-state index in [1.54, 1.807) is 6.07 Å². The summed E-state index contributed by atoms with van der Waals surface area (Å²) >= 11 is 6.04. The number of halogens is 1. The molecule has 1 aromatic carbocycles. The first kappa shape index (κ1) is 15.6. The quantitative estimate of drug-likeness (QED) is 0.866. The summed E-state index contributed by atoms with van der Waals surface area (Å²) < 4.78 is 32.6. The predicted molar refractivity (Wildman–Crippen MR) is 79.8 cm³/mol. The molecule has 0 spiro atoms. The first-order valence-electron chi connectivity index (χ1n) is 6.89. The van der Waals surface area contributed by atoms with Crippen LogP contribution in [0.25, 0.3) is 0 Å². The maximum absolute atomic E-state index is 12.4. The average Bonchev–Trinajstić information content (AvgIpc) is 2.66. The SMILES string of the molecule is COc1ccc(S(=O)(=O)NC2CCCCCC2)c(Cl)c1. The van der Waals surface area contributed by atoms with E-state index in [1.807, 2.05) is 0 Å². The third-order valence-corrected chi connectivity index (χ3v) is 5.61. The lowest BCUT2D eigenvalue weighted by Gasteiger charge is -2.17. The van der Waals surface area contributed by atoms with Crippen molar-refractivity contribution in [2.75, 3.05) is 7.11 Å². The van der Waals surface area contributed by atoms with Gasteiger partial charge in [0.15, 0.2) is 0 Å². The van der Waals surface area contributed by atoms with E-state index < -0.39 is 10.0 Å². The van der Waals surface area contributed by atoms with Gasteiger partial charge in [0.1, 0.15) is 10.6 Å². The molecule has 1 fully saturated rings. The fraction of sp³-hybridized carbons (Fsp3) is 0.571. The summed E-state index contributed by atoms with van der Waals surface area (Å²) in [7, 11) is -2.05. The number of hydrogen-bond acceptors (Lipinski definition) is 3. The van der Waals surface area contributed by atoms with Gasteiger partial charge in [-0.3, -0.25) is 0 Å². The Hall–Kier alpha value is -0.780. The predicted octanol–water partition coefficient (Wildman–Crippen LogP) is 3.35. The number of benzene rings is 1. The Kier molecular flexibility index (Phi) is 5.29. The van der Waals surface area contributed by atoms with E-state index in [2.05, 4.69) is 4.72 Å². The summed E-state index contributed by atoms with van der Waals surface area (Å²) in [6.07, 6.45) is 6.30. The van der Waals surface area contributed by atoms with E-state index in [9.17, 15) is 8.42 Å². The zero-order chi connectivity index (χ0) is 14.6. The van der Waals surface area contributed by atoms with Crippen LogP contribution >= 0.6 is 11.6 Å². The van der Waals surface area contributed by atoms with Crippen molar-refractivity contribution < 1.29 is 13.2 Å². The highest BCUT2D eigenvalue weighted by atomic mass is 35.5. The first-order chi connectivity index (χ1) is 9.53. The molecule has 4 nitrogen and oxygen atoms in total. The van der Waals surface area contributed by atoms with Gasteiger partial charge in [0.25, 0.3) is 0 Å². The molecule has 0 aliphatic heterocycles. The minimum absolute atomic E-state index is 0.0145. The Morgan fingerprint density at radius 3 is 2.40 bits per heavy atom. The molecule has 0 amide bonds. The van der Waals surface area contributed by atoms with Crippen molar-refractivity contribution in [2.45, 2.75) is 49.5 Å². The largest absolute Gasteiger partial charge is 0.497 e. The third-order valence-electron chi connectivity index (χ3n) is 3.61. The van der Waals surface area contributed by atoms with Gasteiger partial charge in [-0.2, -0.15) is 0 Å². The number of rotatable bonds is 4. The van der Waals surface area contributed by atoms with Gasteiger partial charge in [-0.05, 0) is 25.0 Å². The van der Waals surface area contributed by atoms with Crippen molar-refractivity contribution in [1.29, 1.82) is 0 Å². The van der Waals surface area contributed by atoms with E-state index in [1.165, 1.54) is 32.1 Å². The molecular weight excluding hydrogens is 298 g/mol. The van der Waals surface area contributed by atoms with Crippen molar-refractivity contribution >= 4 is 21.6 Å². The molecule has 1 aliphatic carbocycles. The summed E-state index contributed by atoms with van der Waals surface area (Å²) in [5, 5.41) is 0.186. The number of sulfonamides is 1. The highest BCUT2D eigenvalue weighted by Gasteiger charge is 2.23. The Morgan fingerprint density at radius 2 is 1.85 bits per heavy atom. The van der Waals surface area contributed by atoms with Crippen LogP contribution < -0.4 is 9.46 Å². The Labute approximate surface area is 125 Å². The van der Waals surface area contributed by atoms with Gasteiger partial charge in [0, 0.05) is 12.1 Å². The van der Waals surface area contributed by atoms with Crippen molar-refractivity contribution in [2.24, 2.45) is 0 Å². The van der Waals surface area contributed by atoms with Crippen LogP contribution in [0, 0.1) is 0 Å². The molecule has 0 radical (unpaired) electrons. The van der Waals surface area contributed by atoms with Crippen molar-refractivity contribution in [3.63, 3.8) is 0 Å². The summed E-state index contributed by atoms with van der Waals surface area (Å²) in [6.45, 7) is 0. The second-order valence-electron chi connectivity index (χ2n) is 5.11. The molecule has 6 heteroatoms. The second kappa shape index (κ2) is 6.78. The molecule has 1 saturated carbocycles. The normalized spacial score (nSPS) is 17.7. The molecule has 2 rings (SSSR count). The summed E-state index contributed by atoms with van der Waals surface area (Å²) in [6, 6.07) is 4.62. The highest BCUT2D eigenvalue weighted by Crippen LogP contribution is 2.27. The fourth-order valence-electron chi connectivity index (χ4n) is 2.51. The van der Waals surface area contributed by atoms with Crippen LogP contribution in [0.15, 0.2) is 23.1 Å². The third kappa shape index (κ3) is 3.87. The Morgan fingerprint density at radius 1 is 1.20 bits per heavy atom. The summed E-state index contributed by atoms with van der Waals surface area (Å²) in [4.78, 5) is 0.115. The average molecular weight is 318 g/mol. The molecule has 1 N–H and O–H groups in total. The minimum Gasteiger partial charge on any atom is -0.497 e. The Bertz CT molecular complexity index is 552. The lowest BCUT2D eigenvalue weighted by atomic mass is 10.1. The van der Waals surface area contributed by atoms with Crippen LogP contribution in [0.2, 0.25) is 5.02 Å². The van der Waals surface area contributed by atoms with Gasteiger partial charge in [-0.25, -0.2) is 13.1 Å². The minimum atomic E-state index is -3.57. The number of ether oxygens (including phenoxy) is 1. The first-order valence-corrected chi connectivity index (χ1v) is 8.75. The number of nitrogens with one attached hydrogen (secondary N) is 1. The molecule has 0 unspecified atom stereocenters. The van der Waals surface area contributed by atoms with Gasteiger partial charge in [-0.15, -0.1) is 0 Å². The zero-order valence-corrected chi connectivity index (χ0v) is 13.1. The van der Waals surface area contributed by atoms with Crippen molar-refractivity contribution in [3.05, 3.63) is 23.2 Å². The van der Waals surface area contributed by atoms with E-state index in [4.69, 9.17) is 16.3 Å². The second-order valence-corrected chi connectivity index (χ2v) is 7.20. The topological polar surface area (TPSA) is 55.4 Å². The van der Waals surface area contributed by atoms with Crippen LogP contribution in [0.4, 0.5) is 0 Å². The van der Waals surface area contributed by atoms with Gasteiger partial charge in [-0.1, -0.05) is 37.3 Å². The van der Waals surface area contributed by atoms with Crippen LogP contribution in [0.5, 0.6) is 5.75 Å². The maximum Gasteiger partial charge on any atom is 0.242 e. The monoisotopic (exact) mass is 317 g/mol. The Balaban J connectivity index is 2.17. The number of methoxy groups -OCH3 is 1. The van der Waals surface area contributed by atoms with E-state index in [-0.39, 0.29) is 16.0 Å². The van der Waals surface area contributed by atoms with E-state index in [0.717, 1.165) is 25.7 Å². The molecule has 0 atom stereocenters. The molecule has 0 heterocycles. The van der Waals surface area contributed by atoms with Gasteiger partial charge in [0.05, 0.1) is 12.1 Å². The van der Waals surface area contributed by atoms with Crippen LogP contribution in [0.1, 0.15) is 38.5 Å². The molecule has 1 aromatic rings. The number of hydrogen-bond donors (Lipinski definition) is 1. The molecule has 112 valence electrons. The fourth-order valence-corrected chi connectivity index (χ4v) is 4.35. The molecule has 0 bridgehead atoms. The van der Waals surface area contributed by atoms with Gasteiger partial charge in [0.2, 0.25) is 10.0 Å². The molecular formula is C14H20ClNO3S. The van der Waals surface area contributed by atoms with E-state index in [0.29, 0.717) is 5.75 Å². The smallest absolute Gasteiger partial charge is 0.242 e. The van der Waals surface area contributed by atoms with Gasteiger partial charge < -0.3 is 4.74 Å². The molecule has 0 saturated heterocycles. The van der Waals surface area contributed by atoms with Crippen LogP contribution in [-0.4, -0.2) is 21.6 Å². The maximum atomic E-state index is 12.4. The lowest BCUT2D eigenvalue weighted by molar-refractivity contribution is 0.414. The highest BCUT2D eigenvalue weighted by molar-refractivity contribution is 7.89. The summed E-state index contributed by atoms with van der Waals surface area (Å²) in [5.41, 5.74) is 0. The van der Waals surface area contributed by atoms with Crippen LogP contribution in [-0.2, 0) is 10.0 Å². The van der Waals surface area contributed by atoms with Crippen molar-refractivity contribution in [3.8, 4) is 5.75 Å². The van der Waals surface area contributed by atoms with E-state index >= 15 is 0 Å². The summed E-state index contributed by atoms with van der Waals surface area (Å²) in [5.74, 6) is 0.545. The molecule has 20 heavy (non-hydrogen) atoms. The molecule has 0 aromatic heterocycles. The van der Waals surface area contributed by atoms with Crippen LogP contribution in [0.3, 0.4) is 0 Å². The standard InChI is InChI=1S/C14H20ClNO3S/c1-19-12-8-9-14(13(15)10-12)20(17,18)16-11-6-4-2-3-5-7-11/h8-11,16H,2-7H2,1H3. The van der Waals surface area contributed by atoms with Gasteiger partial charge >= 0.3 is 0 Å². The molecule has 1 aliphatic rings. The lowest BCUT2D eigenvalue weighted by Crippen LogP contribution is -2.34. The zero-order valence-electron chi connectivity index (χ0n) is 11.6.